The van der Waals surface area contributed by atoms with Gasteiger partial charge in [0.15, 0.2) is 5.82 Å². The van der Waals surface area contributed by atoms with Crippen LogP contribution in [0, 0.1) is 6.92 Å². The molecule has 2 amide bonds. The van der Waals surface area contributed by atoms with E-state index in [0.29, 0.717) is 5.82 Å². The molecule has 2 aromatic rings. The van der Waals surface area contributed by atoms with Crippen LogP contribution in [0.25, 0.3) is 0 Å². The lowest BCUT2D eigenvalue weighted by molar-refractivity contribution is 0.206. The number of likely N-dealkylation sites (tertiary alicyclic amines) is 1. The molecule has 3 heterocycles. The monoisotopic (exact) mass is 319 g/mol. The Morgan fingerprint density at radius 1 is 1.50 bits per heavy atom. The number of aryl methyl sites for hydroxylation is 1. The van der Waals surface area contributed by atoms with Crippen LogP contribution in [0.15, 0.2) is 17.6 Å². The van der Waals surface area contributed by atoms with Gasteiger partial charge in [-0.3, -0.25) is 10.00 Å². The van der Waals surface area contributed by atoms with Crippen LogP contribution >= 0.6 is 11.3 Å². The zero-order valence-corrected chi connectivity index (χ0v) is 13.9. The number of anilines is 1. The third kappa shape index (κ3) is 2.99. The Morgan fingerprint density at radius 2 is 2.32 bits per heavy atom. The molecule has 0 radical (unpaired) electrons. The van der Waals surface area contributed by atoms with Gasteiger partial charge in [0, 0.05) is 30.2 Å². The third-order valence-electron chi connectivity index (χ3n) is 3.86. The summed E-state index contributed by atoms with van der Waals surface area (Å²) in [7, 11) is 0. The number of urea groups is 1. The molecule has 1 atom stereocenters. The number of hydrogen-bond donors (Lipinski definition) is 1. The average molecular weight is 319 g/mol. The van der Waals surface area contributed by atoms with Gasteiger partial charge in [-0.25, -0.2) is 9.78 Å². The number of hydrogen-bond acceptors (Lipinski definition) is 4. The molecular formula is C15H21N5OS. The number of thiazole rings is 1. The van der Waals surface area contributed by atoms with Crippen molar-refractivity contribution in [3.8, 4) is 0 Å². The molecule has 0 bridgehead atoms. The second kappa shape index (κ2) is 6.08. The van der Waals surface area contributed by atoms with Crippen molar-refractivity contribution in [2.75, 3.05) is 11.9 Å². The molecule has 1 N–H and O–H groups in total. The van der Waals surface area contributed by atoms with Crippen molar-refractivity contribution in [2.24, 2.45) is 0 Å². The summed E-state index contributed by atoms with van der Waals surface area (Å²) >= 11 is 1.63. The van der Waals surface area contributed by atoms with Crippen molar-refractivity contribution in [2.45, 2.75) is 45.7 Å². The summed E-state index contributed by atoms with van der Waals surface area (Å²) in [5.41, 5.74) is 1.00. The van der Waals surface area contributed by atoms with Gasteiger partial charge >= 0.3 is 6.03 Å². The van der Waals surface area contributed by atoms with Crippen molar-refractivity contribution < 1.29 is 4.79 Å². The number of nitrogens with one attached hydrogen (secondary N) is 1. The zero-order chi connectivity index (χ0) is 15.7. The van der Waals surface area contributed by atoms with E-state index in [-0.39, 0.29) is 18.1 Å². The van der Waals surface area contributed by atoms with Gasteiger partial charge in [-0.05, 0) is 33.6 Å². The van der Waals surface area contributed by atoms with Crippen LogP contribution in [0.4, 0.5) is 10.6 Å². The van der Waals surface area contributed by atoms with Crippen LogP contribution in [0.3, 0.4) is 0 Å². The highest BCUT2D eigenvalue weighted by atomic mass is 32.1. The van der Waals surface area contributed by atoms with Crippen LogP contribution in [-0.2, 0) is 0 Å². The second-order valence-electron chi connectivity index (χ2n) is 5.85. The highest BCUT2D eigenvalue weighted by Gasteiger charge is 2.31. The number of aromatic nitrogens is 3. The summed E-state index contributed by atoms with van der Waals surface area (Å²) in [6.07, 6.45) is 3.86. The molecule has 7 heteroatoms. The first kappa shape index (κ1) is 15.0. The summed E-state index contributed by atoms with van der Waals surface area (Å²) in [5.74, 6) is 0.596. The highest BCUT2D eigenvalue weighted by Crippen LogP contribution is 2.32. The van der Waals surface area contributed by atoms with Gasteiger partial charge in [0.1, 0.15) is 0 Å². The molecule has 0 aliphatic carbocycles. The van der Waals surface area contributed by atoms with E-state index in [1.807, 2.05) is 28.8 Å². The number of rotatable bonds is 3. The second-order valence-corrected chi connectivity index (χ2v) is 6.91. The van der Waals surface area contributed by atoms with Crippen LogP contribution in [-0.4, -0.2) is 32.2 Å². The van der Waals surface area contributed by atoms with E-state index in [4.69, 9.17) is 0 Å². The van der Waals surface area contributed by atoms with Crippen molar-refractivity contribution >= 4 is 23.2 Å². The maximum absolute atomic E-state index is 12.5. The highest BCUT2D eigenvalue weighted by molar-refractivity contribution is 7.09. The summed E-state index contributed by atoms with van der Waals surface area (Å²) in [5, 5.41) is 10.4. The predicted molar refractivity (Wildman–Crippen MR) is 87.2 cm³/mol. The maximum atomic E-state index is 12.5. The Bertz CT molecular complexity index is 662. The predicted octanol–water partition coefficient (Wildman–Crippen LogP) is 3.60. The summed E-state index contributed by atoms with van der Waals surface area (Å²) < 4.78 is 1.83. The molecule has 1 saturated heterocycles. The van der Waals surface area contributed by atoms with Gasteiger partial charge in [0.05, 0.1) is 16.7 Å². The fraction of sp³-hybridized carbons (Fsp3) is 0.533. The van der Waals surface area contributed by atoms with E-state index >= 15 is 0 Å². The van der Waals surface area contributed by atoms with Crippen molar-refractivity contribution in [1.82, 2.24) is 19.7 Å². The summed E-state index contributed by atoms with van der Waals surface area (Å²) in [6.45, 7) is 6.86. The quantitative estimate of drug-likeness (QED) is 0.940. The fourth-order valence-electron chi connectivity index (χ4n) is 2.72. The average Bonchev–Trinajstić information content (AvgIpc) is 3.16. The topological polar surface area (TPSA) is 63.1 Å². The van der Waals surface area contributed by atoms with Crippen LogP contribution in [0.5, 0.6) is 0 Å². The molecule has 1 aliphatic heterocycles. The maximum Gasteiger partial charge on any atom is 0.323 e. The van der Waals surface area contributed by atoms with E-state index in [0.717, 1.165) is 30.1 Å². The van der Waals surface area contributed by atoms with Crippen LogP contribution in [0.2, 0.25) is 0 Å². The minimum atomic E-state index is -0.0952. The molecule has 1 fully saturated rings. The molecule has 22 heavy (non-hydrogen) atoms. The third-order valence-corrected chi connectivity index (χ3v) is 4.66. The molecule has 6 nitrogen and oxygen atoms in total. The fourth-order valence-corrected chi connectivity index (χ4v) is 3.38. The largest absolute Gasteiger partial charge is 0.323 e. The number of carbonyl (C=O) groups is 1. The molecule has 3 rings (SSSR count). The Labute approximate surface area is 134 Å². The number of carbonyl (C=O) groups excluding carboxylic acids is 1. The Hall–Kier alpha value is -1.89. The molecule has 2 aromatic heterocycles. The minimum Gasteiger partial charge on any atom is -0.316 e. The van der Waals surface area contributed by atoms with Crippen LogP contribution in [0.1, 0.15) is 49.5 Å². The summed E-state index contributed by atoms with van der Waals surface area (Å²) in [6, 6.07) is 2.10. The lowest BCUT2D eigenvalue weighted by atomic mass is 10.2. The van der Waals surface area contributed by atoms with Crippen molar-refractivity contribution in [3.05, 3.63) is 28.3 Å². The number of amides is 2. The Balaban J connectivity index is 1.70. The molecular weight excluding hydrogens is 298 g/mol. The van der Waals surface area contributed by atoms with Crippen LogP contribution < -0.4 is 5.32 Å². The first-order valence-electron chi connectivity index (χ1n) is 7.59. The van der Waals surface area contributed by atoms with Gasteiger partial charge in [-0.15, -0.1) is 11.3 Å². The molecule has 1 aliphatic rings. The Kier molecular flexibility index (Phi) is 4.15. The van der Waals surface area contributed by atoms with E-state index in [9.17, 15) is 4.79 Å². The van der Waals surface area contributed by atoms with E-state index < -0.39 is 0 Å². The van der Waals surface area contributed by atoms with E-state index in [1.54, 1.807) is 11.3 Å². The smallest absolute Gasteiger partial charge is 0.316 e. The molecule has 0 saturated carbocycles. The molecule has 0 aromatic carbocycles. The van der Waals surface area contributed by atoms with Gasteiger partial charge in [0.25, 0.3) is 0 Å². The molecule has 0 spiro atoms. The van der Waals surface area contributed by atoms with Crippen molar-refractivity contribution in [1.29, 1.82) is 0 Å². The number of nitrogens with zero attached hydrogens (tertiary/aromatic N) is 4. The first-order chi connectivity index (χ1) is 10.5. The lowest BCUT2D eigenvalue weighted by Crippen LogP contribution is -2.34. The zero-order valence-electron chi connectivity index (χ0n) is 13.1. The first-order valence-corrected chi connectivity index (χ1v) is 8.47. The van der Waals surface area contributed by atoms with Gasteiger partial charge in [0.2, 0.25) is 0 Å². The van der Waals surface area contributed by atoms with Crippen molar-refractivity contribution in [3.63, 3.8) is 0 Å². The van der Waals surface area contributed by atoms with Gasteiger partial charge < -0.3 is 4.90 Å². The summed E-state index contributed by atoms with van der Waals surface area (Å²) in [4.78, 5) is 18.9. The normalized spacial score (nSPS) is 18.2. The molecule has 118 valence electrons. The van der Waals surface area contributed by atoms with Gasteiger partial charge in [-0.1, -0.05) is 0 Å². The molecule has 1 unspecified atom stereocenters. The lowest BCUT2D eigenvalue weighted by Gasteiger charge is -2.23. The van der Waals surface area contributed by atoms with E-state index in [1.165, 1.54) is 0 Å². The SMILES string of the molecule is Cc1nc(C2CCCN2C(=O)Nc2ccn(C(C)C)n2)cs1. The Morgan fingerprint density at radius 3 is 2.95 bits per heavy atom. The van der Waals surface area contributed by atoms with E-state index in [2.05, 4.69) is 34.6 Å². The standard InChI is InChI=1S/C15H21N5OS/c1-10(2)20-8-6-14(18-20)17-15(21)19-7-4-5-13(19)12-9-22-11(3)16-12/h6,8-10,13H,4-5,7H2,1-3H3,(H,17,18,21). The van der Waals surface area contributed by atoms with Gasteiger partial charge in [-0.2, -0.15) is 5.10 Å². The minimum absolute atomic E-state index is 0.0807.